The van der Waals surface area contributed by atoms with Gasteiger partial charge in [0, 0.05) is 44.3 Å². The predicted octanol–water partition coefficient (Wildman–Crippen LogP) is 3.51. The number of piperazine rings is 1. The zero-order valence-corrected chi connectivity index (χ0v) is 21.5. The van der Waals surface area contributed by atoms with E-state index in [2.05, 4.69) is 11.0 Å². The van der Waals surface area contributed by atoms with E-state index in [1.807, 2.05) is 30.0 Å². The fourth-order valence-corrected chi connectivity index (χ4v) is 7.11. The monoisotopic (exact) mass is 519 g/mol. The lowest BCUT2D eigenvalue weighted by molar-refractivity contribution is 0.0628. The van der Waals surface area contributed by atoms with Crippen LogP contribution in [0.5, 0.6) is 11.5 Å². The number of nitrogens with zero attached hydrogens (tertiary/aromatic N) is 3. The molecule has 6 rings (SSSR count). The summed E-state index contributed by atoms with van der Waals surface area (Å²) < 4.78 is 39.0. The molecule has 1 saturated heterocycles. The van der Waals surface area contributed by atoms with Gasteiger partial charge in [-0.2, -0.15) is 0 Å². The van der Waals surface area contributed by atoms with Crippen molar-refractivity contribution in [1.82, 2.24) is 9.80 Å². The Morgan fingerprint density at radius 2 is 1.68 bits per heavy atom. The first-order valence-corrected chi connectivity index (χ1v) is 14.0. The molecule has 0 radical (unpaired) electrons. The van der Waals surface area contributed by atoms with E-state index in [4.69, 9.17) is 9.47 Å². The summed E-state index contributed by atoms with van der Waals surface area (Å²) in [4.78, 5) is 17.8. The van der Waals surface area contributed by atoms with E-state index in [9.17, 15) is 13.2 Å². The second-order valence-corrected chi connectivity index (χ2v) is 11.6. The Balaban J connectivity index is 1.12. The molecule has 3 aliphatic heterocycles. The second-order valence-electron chi connectivity index (χ2n) is 9.77. The molecule has 0 N–H and O–H groups in total. The normalized spacial score (nSPS) is 19.2. The summed E-state index contributed by atoms with van der Waals surface area (Å²) in [5.74, 6) is 1.55. The molecule has 3 heterocycles. The van der Waals surface area contributed by atoms with Crippen LogP contribution in [-0.4, -0.2) is 63.1 Å². The minimum Gasteiger partial charge on any atom is -0.454 e. The van der Waals surface area contributed by atoms with Gasteiger partial charge in [0.2, 0.25) is 6.79 Å². The maximum absolute atomic E-state index is 13.3. The van der Waals surface area contributed by atoms with Gasteiger partial charge in [0.1, 0.15) is 0 Å². The van der Waals surface area contributed by atoms with E-state index in [0.29, 0.717) is 30.8 Å². The third kappa shape index (κ3) is 4.42. The van der Waals surface area contributed by atoms with Crippen molar-refractivity contribution >= 4 is 21.6 Å². The lowest BCUT2D eigenvalue weighted by Gasteiger charge is -2.35. The van der Waals surface area contributed by atoms with Crippen molar-refractivity contribution in [2.45, 2.75) is 30.8 Å². The highest BCUT2D eigenvalue weighted by molar-refractivity contribution is 7.92. The Kier molecular flexibility index (Phi) is 6.04. The van der Waals surface area contributed by atoms with Crippen molar-refractivity contribution in [3.05, 3.63) is 83.4 Å². The van der Waals surface area contributed by atoms with Gasteiger partial charge >= 0.3 is 0 Å². The molecule has 0 aromatic heterocycles. The number of benzene rings is 3. The molecule has 0 spiro atoms. The summed E-state index contributed by atoms with van der Waals surface area (Å²) >= 11 is 0. The van der Waals surface area contributed by atoms with Crippen molar-refractivity contribution in [3.8, 4) is 11.5 Å². The predicted molar refractivity (Wildman–Crippen MR) is 139 cm³/mol. The molecule has 0 bridgehead atoms. The van der Waals surface area contributed by atoms with Crippen LogP contribution in [0.2, 0.25) is 0 Å². The third-order valence-electron chi connectivity index (χ3n) is 7.28. The molecule has 9 heteroatoms. The van der Waals surface area contributed by atoms with Crippen molar-refractivity contribution in [1.29, 1.82) is 0 Å². The lowest BCUT2D eigenvalue weighted by atomic mass is 10.1. The first kappa shape index (κ1) is 23.8. The maximum atomic E-state index is 13.3. The number of hydrogen-bond donors (Lipinski definition) is 0. The highest BCUT2D eigenvalue weighted by Gasteiger charge is 2.36. The number of ether oxygens (including phenoxy) is 2. The quantitative estimate of drug-likeness (QED) is 0.513. The van der Waals surface area contributed by atoms with Crippen LogP contribution in [0.3, 0.4) is 0 Å². The average molecular weight is 520 g/mol. The fraction of sp³-hybridized carbons (Fsp3) is 0.321. The summed E-state index contributed by atoms with van der Waals surface area (Å²) in [6, 6.07) is 19.7. The SMILES string of the molecule is C[C@@H]1Cc2cc(C(=O)N3CCN(Cc4ccc5c(c4)OCO5)CC3)ccc2N1S(=O)(=O)c1ccccc1. The van der Waals surface area contributed by atoms with Crippen LogP contribution in [0.15, 0.2) is 71.6 Å². The van der Waals surface area contributed by atoms with Gasteiger partial charge in [0.25, 0.3) is 15.9 Å². The van der Waals surface area contributed by atoms with Crippen molar-refractivity contribution in [2.24, 2.45) is 0 Å². The van der Waals surface area contributed by atoms with Crippen molar-refractivity contribution in [2.75, 3.05) is 37.3 Å². The molecule has 3 aliphatic rings. The van der Waals surface area contributed by atoms with Crippen LogP contribution in [-0.2, 0) is 23.0 Å². The van der Waals surface area contributed by atoms with Crippen molar-refractivity contribution < 1.29 is 22.7 Å². The second kappa shape index (κ2) is 9.39. The molecule has 0 saturated carbocycles. The molecule has 1 atom stereocenters. The first-order valence-electron chi connectivity index (χ1n) is 12.5. The van der Waals surface area contributed by atoms with Crippen LogP contribution in [0.4, 0.5) is 5.69 Å². The van der Waals surface area contributed by atoms with Crippen molar-refractivity contribution in [3.63, 3.8) is 0 Å². The topological polar surface area (TPSA) is 79.4 Å². The van der Waals surface area contributed by atoms with Gasteiger partial charge in [-0.3, -0.25) is 14.0 Å². The van der Waals surface area contributed by atoms with E-state index in [1.165, 1.54) is 4.31 Å². The van der Waals surface area contributed by atoms with Crippen LogP contribution < -0.4 is 13.8 Å². The number of anilines is 1. The van der Waals surface area contributed by atoms with E-state index in [0.717, 1.165) is 42.3 Å². The Hall–Kier alpha value is -3.56. The Morgan fingerprint density at radius 1 is 0.919 bits per heavy atom. The zero-order chi connectivity index (χ0) is 25.6. The Bertz CT molecular complexity index is 1440. The number of carbonyl (C=O) groups excluding carboxylic acids is 1. The number of fused-ring (bicyclic) bond motifs is 2. The Morgan fingerprint density at radius 3 is 2.46 bits per heavy atom. The smallest absolute Gasteiger partial charge is 0.264 e. The van der Waals surface area contributed by atoms with Gasteiger partial charge in [-0.1, -0.05) is 24.3 Å². The molecular formula is C28H29N3O5S. The van der Waals surface area contributed by atoms with Crippen LogP contribution in [0, 0.1) is 0 Å². The number of carbonyl (C=O) groups is 1. The molecule has 37 heavy (non-hydrogen) atoms. The molecule has 1 fully saturated rings. The molecule has 0 unspecified atom stereocenters. The molecule has 0 aliphatic carbocycles. The number of rotatable bonds is 5. The molecule has 8 nitrogen and oxygen atoms in total. The minimum atomic E-state index is -3.67. The van der Waals surface area contributed by atoms with Crippen LogP contribution in [0.25, 0.3) is 0 Å². The standard InChI is InChI=1S/C28H29N3O5S/c1-20-15-23-17-22(8-9-25(23)31(20)37(33,34)24-5-3-2-4-6-24)28(32)30-13-11-29(12-14-30)18-21-7-10-26-27(16-21)36-19-35-26/h2-10,16-17,20H,11-15,18-19H2,1H3/t20-/m1/s1. The number of sulfonamides is 1. The Labute approximate surface area is 217 Å². The third-order valence-corrected chi connectivity index (χ3v) is 9.22. The highest BCUT2D eigenvalue weighted by Crippen LogP contribution is 2.37. The van der Waals surface area contributed by atoms with Crippen LogP contribution in [0.1, 0.15) is 28.4 Å². The van der Waals surface area contributed by atoms with E-state index in [1.54, 1.807) is 42.5 Å². The molecular weight excluding hydrogens is 490 g/mol. The summed E-state index contributed by atoms with van der Waals surface area (Å²) in [5, 5.41) is 0. The summed E-state index contributed by atoms with van der Waals surface area (Å²) in [5.41, 5.74) is 3.31. The maximum Gasteiger partial charge on any atom is 0.264 e. The number of hydrogen-bond acceptors (Lipinski definition) is 6. The summed E-state index contributed by atoms with van der Waals surface area (Å²) in [6.07, 6.45) is 0.575. The highest BCUT2D eigenvalue weighted by atomic mass is 32.2. The first-order chi connectivity index (χ1) is 17.9. The number of amides is 1. The molecule has 3 aromatic rings. The van der Waals surface area contributed by atoms with E-state index in [-0.39, 0.29) is 23.6 Å². The summed E-state index contributed by atoms with van der Waals surface area (Å²) in [7, 11) is -3.67. The van der Waals surface area contributed by atoms with E-state index < -0.39 is 10.0 Å². The van der Waals surface area contributed by atoms with Gasteiger partial charge < -0.3 is 14.4 Å². The van der Waals surface area contributed by atoms with Crippen LogP contribution >= 0.6 is 0 Å². The van der Waals surface area contributed by atoms with E-state index >= 15 is 0 Å². The molecule has 1 amide bonds. The summed E-state index contributed by atoms with van der Waals surface area (Å²) in [6.45, 7) is 5.82. The fourth-order valence-electron chi connectivity index (χ4n) is 5.40. The molecule has 192 valence electrons. The van der Waals surface area contributed by atoms with Gasteiger partial charge in [-0.25, -0.2) is 8.42 Å². The van der Waals surface area contributed by atoms with Gasteiger partial charge in [0.05, 0.1) is 10.6 Å². The lowest BCUT2D eigenvalue weighted by Crippen LogP contribution is -2.48. The largest absolute Gasteiger partial charge is 0.454 e. The average Bonchev–Trinajstić information content (AvgIpc) is 3.52. The zero-order valence-electron chi connectivity index (χ0n) is 20.7. The van der Waals surface area contributed by atoms with Gasteiger partial charge in [-0.05, 0) is 66.9 Å². The minimum absolute atomic E-state index is 0.0115. The van der Waals surface area contributed by atoms with Gasteiger partial charge in [-0.15, -0.1) is 0 Å². The molecule has 3 aromatic carbocycles. The van der Waals surface area contributed by atoms with Gasteiger partial charge in [0.15, 0.2) is 11.5 Å².